The second-order valence-corrected chi connectivity index (χ2v) is 6.27. The Morgan fingerprint density at radius 3 is 2.07 bits per heavy atom. The highest BCUT2D eigenvalue weighted by Gasteiger charge is 2.41. The summed E-state index contributed by atoms with van der Waals surface area (Å²) in [7, 11) is 1.86. The number of halogens is 5. The molecular formula is C15H11Cl2F3N4O6. The summed E-state index contributed by atoms with van der Waals surface area (Å²) < 4.78 is 48.2. The molecule has 30 heavy (non-hydrogen) atoms. The van der Waals surface area contributed by atoms with Gasteiger partial charge in [-0.25, -0.2) is 14.6 Å². The number of ether oxygens (including phenoxy) is 2. The summed E-state index contributed by atoms with van der Waals surface area (Å²) >= 11 is 12.0. The lowest BCUT2D eigenvalue weighted by Crippen LogP contribution is -2.51. The molecule has 0 aliphatic rings. The first-order chi connectivity index (χ1) is 13.9. The van der Waals surface area contributed by atoms with Crippen molar-refractivity contribution in [3.63, 3.8) is 0 Å². The zero-order valence-electron chi connectivity index (χ0n) is 15.0. The van der Waals surface area contributed by atoms with Crippen LogP contribution in [0.5, 0.6) is 0 Å². The van der Waals surface area contributed by atoms with Crippen molar-refractivity contribution in [1.82, 2.24) is 9.89 Å². The SMILES string of the molecule is COC(=O)C(C(=O)OC)N(c1c(Cl)cc(C(F)(F)F)cc1Cl)n1cc([N+](=O)[O-])cn1. The lowest BCUT2D eigenvalue weighted by molar-refractivity contribution is -0.385. The predicted octanol–water partition coefficient (Wildman–Crippen LogP) is 3.10. The zero-order chi connectivity index (χ0) is 22.8. The molecule has 1 aromatic heterocycles. The normalized spacial score (nSPS) is 11.3. The Labute approximate surface area is 175 Å². The highest BCUT2D eigenvalue weighted by atomic mass is 35.5. The highest BCUT2D eigenvalue weighted by molar-refractivity contribution is 6.39. The third kappa shape index (κ3) is 4.57. The standard InChI is InChI=1S/C15H11Cl2F3N4O6/c1-29-13(25)12(14(26)30-2)23(22-6-8(5-21-22)24(27)28)11-9(16)3-7(4-10(11)17)15(18,19)20/h3-6,12H,1-2H3. The molecule has 162 valence electrons. The molecule has 15 heteroatoms. The summed E-state index contributed by atoms with van der Waals surface area (Å²) in [6.07, 6.45) is -3.25. The summed E-state index contributed by atoms with van der Waals surface area (Å²) in [5.41, 5.74) is -2.25. The molecule has 0 amide bonds. The van der Waals surface area contributed by atoms with Gasteiger partial charge in [-0.15, -0.1) is 0 Å². The number of nitro groups is 1. The van der Waals surface area contributed by atoms with Gasteiger partial charge in [0, 0.05) is 0 Å². The van der Waals surface area contributed by atoms with Crippen LogP contribution in [0.4, 0.5) is 24.5 Å². The van der Waals surface area contributed by atoms with E-state index in [1.165, 1.54) is 0 Å². The first-order valence-electron chi connectivity index (χ1n) is 7.62. The van der Waals surface area contributed by atoms with Crippen molar-refractivity contribution in [3.05, 3.63) is 50.2 Å². The van der Waals surface area contributed by atoms with Crippen LogP contribution < -0.4 is 5.01 Å². The minimum Gasteiger partial charge on any atom is -0.467 e. The van der Waals surface area contributed by atoms with E-state index in [-0.39, 0.29) is 0 Å². The summed E-state index contributed by atoms with van der Waals surface area (Å²) in [6.45, 7) is 0. The van der Waals surface area contributed by atoms with Crippen LogP contribution >= 0.6 is 23.2 Å². The molecule has 0 N–H and O–H groups in total. The number of benzene rings is 1. The minimum absolute atomic E-state index is 0.481. The third-order valence-electron chi connectivity index (χ3n) is 3.65. The maximum atomic E-state index is 13.0. The Morgan fingerprint density at radius 2 is 1.70 bits per heavy atom. The van der Waals surface area contributed by atoms with Gasteiger partial charge in [0.05, 0.1) is 40.4 Å². The first kappa shape index (κ1) is 23.2. The number of aromatic nitrogens is 2. The monoisotopic (exact) mass is 470 g/mol. The van der Waals surface area contributed by atoms with Crippen LogP contribution in [0.1, 0.15) is 5.56 Å². The molecule has 0 saturated heterocycles. The molecule has 0 saturated carbocycles. The number of hydrogen-bond acceptors (Lipinski definition) is 8. The molecule has 2 rings (SSSR count). The molecule has 0 atom stereocenters. The van der Waals surface area contributed by atoms with Gasteiger partial charge in [-0.2, -0.15) is 23.1 Å². The van der Waals surface area contributed by atoms with E-state index in [0.29, 0.717) is 21.9 Å². The predicted molar refractivity (Wildman–Crippen MR) is 96.0 cm³/mol. The van der Waals surface area contributed by atoms with E-state index >= 15 is 0 Å². The lowest BCUT2D eigenvalue weighted by atomic mass is 10.1. The number of carbonyl (C=O) groups is 2. The number of alkyl halides is 3. The van der Waals surface area contributed by atoms with Gasteiger partial charge < -0.3 is 9.47 Å². The van der Waals surface area contributed by atoms with Gasteiger partial charge in [-0.05, 0) is 12.1 Å². The van der Waals surface area contributed by atoms with Crippen LogP contribution in [0.25, 0.3) is 0 Å². The van der Waals surface area contributed by atoms with Crippen LogP contribution in [0.3, 0.4) is 0 Å². The van der Waals surface area contributed by atoms with Gasteiger partial charge in [-0.3, -0.25) is 10.1 Å². The molecule has 0 unspecified atom stereocenters. The molecule has 0 aliphatic heterocycles. The second kappa shape index (κ2) is 8.75. The molecule has 2 aromatic rings. The first-order valence-corrected chi connectivity index (χ1v) is 8.38. The number of rotatable bonds is 6. The maximum Gasteiger partial charge on any atom is 0.416 e. The fourth-order valence-electron chi connectivity index (χ4n) is 2.33. The average Bonchev–Trinajstić information content (AvgIpc) is 3.15. The van der Waals surface area contributed by atoms with Crippen LogP contribution in [0.2, 0.25) is 10.0 Å². The van der Waals surface area contributed by atoms with Gasteiger partial charge in [-0.1, -0.05) is 23.2 Å². The van der Waals surface area contributed by atoms with Crippen molar-refractivity contribution in [2.24, 2.45) is 0 Å². The van der Waals surface area contributed by atoms with Crippen molar-refractivity contribution in [3.8, 4) is 0 Å². The number of hydrogen-bond donors (Lipinski definition) is 0. The van der Waals surface area contributed by atoms with Crippen molar-refractivity contribution < 1.29 is 37.2 Å². The van der Waals surface area contributed by atoms with E-state index < -0.39 is 56.1 Å². The van der Waals surface area contributed by atoms with Crippen LogP contribution in [-0.4, -0.2) is 47.0 Å². The summed E-state index contributed by atoms with van der Waals surface area (Å²) in [6, 6.07) is -1.01. The second-order valence-electron chi connectivity index (χ2n) is 5.46. The van der Waals surface area contributed by atoms with Crippen LogP contribution in [0.15, 0.2) is 24.5 Å². The number of nitrogens with zero attached hydrogens (tertiary/aromatic N) is 4. The van der Waals surface area contributed by atoms with Crippen LogP contribution in [-0.2, 0) is 25.2 Å². The van der Waals surface area contributed by atoms with Crippen molar-refractivity contribution in [2.45, 2.75) is 12.2 Å². The van der Waals surface area contributed by atoms with Gasteiger partial charge in [0.2, 0.25) is 6.04 Å². The summed E-state index contributed by atoms with van der Waals surface area (Å²) in [4.78, 5) is 35.4. The largest absolute Gasteiger partial charge is 0.467 e. The van der Waals surface area contributed by atoms with Gasteiger partial charge in [0.25, 0.3) is 0 Å². The molecule has 1 aromatic carbocycles. The van der Waals surface area contributed by atoms with E-state index in [9.17, 15) is 32.9 Å². The topological polar surface area (TPSA) is 117 Å². The van der Waals surface area contributed by atoms with E-state index in [2.05, 4.69) is 14.6 Å². The minimum atomic E-state index is -4.80. The van der Waals surface area contributed by atoms with Gasteiger partial charge in [0.15, 0.2) is 0 Å². The molecule has 0 aliphatic carbocycles. The molecule has 0 radical (unpaired) electrons. The highest BCUT2D eigenvalue weighted by Crippen LogP contribution is 2.41. The fraction of sp³-hybridized carbons (Fsp3) is 0.267. The smallest absolute Gasteiger partial charge is 0.416 e. The fourth-order valence-corrected chi connectivity index (χ4v) is 2.99. The number of carbonyl (C=O) groups excluding carboxylic acids is 2. The molecule has 10 nitrogen and oxygen atoms in total. The lowest BCUT2D eigenvalue weighted by Gasteiger charge is -2.30. The van der Waals surface area contributed by atoms with Gasteiger partial charge >= 0.3 is 23.8 Å². The van der Waals surface area contributed by atoms with Crippen molar-refractivity contribution in [1.29, 1.82) is 0 Å². The molecule has 0 spiro atoms. The molecule has 0 bridgehead atoms. The zero-order valence-corrected chi connectivity index (χ0v) is 16.5. The Kier molecular flexibility index (Phi) is 6.77. The average molecular weight is 471 g/mol. The van der Waals surface area contributed by atoms with E-state index in [4.69, 9.17) is 23.2 Å². The number of methoxy groups -OCH3 is 2. The van der Waals surface area contributed by atoms with E-state index in [1.807, 2.05) is 0 Å². The maximum absolute atomic E-state index is 13.0. The molecular weight excluding hydrogens is 460 g/mol. The quantitative estimate of drug-likeness (QED) is 0.273. The molecule has 0 fully saturated rings. The Bertz CT molecular complexity index is 958. The third-order valence-corrected chi connectivity index (χ3v) is 4.23. The van der Waals surface area contributed by atoms with Crippen LogP contribution in [0, 0.1) is 10.1 Å². The Morgan fingerprint density at radius 1 is 1.20 bits per heavy atom. The van der Waals surface area contributed by atoms with E-state index in [0.717, 1.165) is 26.6 Å². The Hall–Kier alpha value is -3.06. The van der Waals surface area contributed by atoms with Crippen molar-refractivity contribution in [2.75, 3.05) is 19.2 Å². The molecule has 1 heterocycles. The summed E-state index contributed by atoms with van der Waals surface area (Å²) in [5, 5.41) is 14.0. The number of anilines is 1. The van der Waals surface area contributed by atoms with Gasteiger partial charge in [0.1, 0.15) is 12.4 Å². The summed E-state index contributed by atoms with van der Waals surface area (Å²) in [5.74, 6) is -2.46. The number of esters is 2. The Balaban J connectivity index is 2.80. The van der Waals surface area contributed by atoms with Crippen molar-refractivity contribution >= 4 is 46.5 Å². The van der Waals surface area contributed by atoms with E-state index in [1.54, 1.807) is 0 Å².